The second-order valence-corrected chi connectivity index (χ2v) is 8.11. The molecule has 6 nitrogen and oxygen atoms in total. The fourth-order valence-electron chi connectivity index (χ4n) is 4.09. The lowest BCUT2D eigenvalue weighted by molar-refractivity contribution is -0.134. The molecule has 166 valence electrons. The van der Waals surface area contributed by atoms with Crippen LogP contribution in [0, 0.1) is 11.7 Å². The van der Waals surface area contributed by atoms with Gasteiger partial charge in [0.1, 0.15) is 5.82 Å². The summed E-state index contributed by atoms with van der Waals surface area (Å²) in [5, 5.41) is 8.09. The number of pyridine rings is 1. The number of carbonyl (C=O) groups excluding carboxylic acids is 2. The minimum atomic E-state index is -0.289. The minimum absolute atomic E-state index is 0.0306. The highest BCUT2D eigenvalue weighted by Crippen LogP contribution is 2.32. The van der Waals surface area contributed by atoms with Gasteiger partial charge in [0.05, 0.1) is 5.69 Å². The summed E-state index contributed by atoms with van der Waals surface area (Å²) in [5.41, 5.74) is 2.31. The van der Waals surface area contributed by atoms with Crippen LogP contribution in [0.15, 0.2) is 54.9 Å². The van der Waals surface area contributed by atoms with Crippen molar-refractivity contribution in [3.63, 3.8) is 0 Å². The highest BCUT2D eigenvalue weighted by atomic mass is 19.1. The number of nitrogens with zero attached hydrogens (tertiary/aromatic N) is 2. The van der Waals surface area contributed by atoms with E-state index in [9.17, 15) is 14.0 Å². The number of aromatic nitrogens is 1. The van der Waals surface area contributed by atoms with Crippen molar-refractivity contribution in [3.05, 3.63) is 60.7 Å². The number of nitrogens with one attached hydrogen (secondary N) is 2. The Balaban J connectivity index is 1.47. The average molecular weight is 435 g/mol. The van der Waals surface area contributed by atoms with Crippen LogP contribution in [-0.2, 0) is 9.59 Å². The molecule has 4 rings (SSSR count). The van der Waals surface area contributed by atoms with Gasteiger partial charge in [-0.2, -0.15) is 0 Å². The van der Waals surface area contributed by atoms with Crippen molar-refractivity contribution < 1.29 is 14.0 Å². The Kier molecular flexibility index (Phi) is 6.63. The molecule has 0 spiro atoms. The largest absolute Gasteiger partial charge is 0.355 e. The first-order valence-electron chi connectivity index (χ1n) is 11.0. The van der Waals surface area contributed by atoms with Gasteiger partial charge in [0.25, 0.3) is 0 Å². The maximum Gasteiger partial charge on any atom is 0.227 e. The molecular formula is C25H27FN4O2. The van der Waals surface area contributed by atoms with Crippen LogP contribution in [0.25, 0.3) is 10.8 Å². The van der Waals surface area contributed by atoms with Crippen LogP contribution in [0.1, 0.15) is 32.6 Å². The molecule has 0 saturated carbocycles. The standard InChI is InChI=1S/C25H27FN4O2/c1-2-3-24(31)30-14-11-17(12-15-30)25(32)29-23-9-8-22(20-10-13-27-16-21(20)23)28-19-6-4-18(26)5-7-19/h4-10,13,16-17,28H,2-3,11-12,14-15H2,1H3,(H,29,32). The Hall–Kier alpha value is -3.48. The van der Waals surface area contributed by atoms with E-state index in [0.717, 1.165) is 28.6 Å². The van der Waals surface area contributed by atoms with Gasteiger partial charge in [-0.25, -0.2) is 4.39 Å². The molecule has 0 radical (unpaired) electrons. The summed E-state index contributed by atoms with van der Waals surface area (Å²) in [6.45, 7) is 3.25. The normalized spacial score (nSPS) is 14.4. The van der Waals surface area contributed by atoms with Crippen molar-refractivity contribution in [3.8, 4) is 0 Å². The third-order valence-corrected chi connectivity index (χ3v) is 5.88. The summed E-state index contributed by atoms with van der Waals surface area (Å²) in [6.07, 6.45) is 6.17. The van der Waals surface area contributed by atoms with Gasteiger partial charge in [-0.15, -0.1) is 0 Å². The number of piperidine rings is 1. The summed E-state index contributed by atoms with van der Waals surface area (Å²) in [4.78, 5) is 31.1. The molecule has 2 amide bonds. The van der Waals surface area contributed by atoms with Crippen molar-refractivity contribution in [1.82, 2.24) is 9.88 Å². The molecule has 3 aromatic rings. The van der Waals surface area contributed by atoms with E-state index < -0.39 is 0 Å². The molecule has 0 atom stereocenters. The molecule has 2 N–H and O–H groups in total. The molecule has 1 aromatic heterocycles. The Morgan fingerprint density at radius 1 is 1.03 bits per heavy atom. The fraction of sp³-hybridized carbons (Fsp3) is 0.320. The van der Waals surface area contributed by atoms with Gasteiger partial charge in [-0.1, -0.05) is 6.92 Å². The number of benzene rings is 2. The molecule has 7 heteroatoms. The first kappa shape index (κ1) is 21.7. The van der Waals surface area contributed by atoms with Crippen LogP contribution >= 0.6 is 0 Å². The Bertz CT molecular complexity index is 1110. The SMILES string of the molecule is CCCC(=O)N1CCC(C(=O)Nc2ccc(Nc3ccc(F)cc3)c3ccncc23)CC1. The molecule has 0 bridgehead atoms. The van der Waals surface area contributed by atoms with Crippen molar-refractivity contribution >= 4 is 39.6 Å². The number of fused-ring (bicyclic) bond motifs is 1. The molecule has 0 aliphatic carbocycles. The lowest BCUT2D eigenvalue weighted by Crippen LogP contribution is -2.41. The van der Waals surface area contributed by atoms with Crippen molar-refractivity contribution in [2.75, 3.05) is 23.7 Å². The number of amides is 2. The third kappa shape index (κ3) is 4.88. The Labute approximate surface area is 186 Å². The maximum atomic E-state index is 13.2. The average Bonchev–Trinajstić information content (AvgIpc) is 2.82. The Morgan fingerprint density at radius 2 is 1.75 bits per heavy atom. The summed E-state index contributed by atoms with van der Waals surface area (Å²) in [5.74, 6) is -0.266. The van der Waals surface area contributed by atoms with E-state index in [1.165, 1.54) is 12.1 Å². The predicted molar refractivity (Wildman–Crippen MR) is 124 cm³/mol. The van der Waals surface area contributed by atoms with Gasteiger partial charge in [-0.3, -0.25) is 14.6 Å². The predicted octanol–water partition coefficient (Wildman–Crippen LogP) is 5.09. The van der Waals surface area contributed by atoms with E-state index in [0.29, 0.717) is 38.0 Å². The van der Waals surface area contributed by atoms with E-state index in [1.807, 2.05) is 30.0 Å². The maximum absolute atomic E-state index is 13.2. The molecule has 1 saturated heterocycles. The second-order valence-electron chi connectivity index (χ2n) is 8.11. The number of rotatable bonds is 6. The molecule has 1 aliphatic rings. The van der Waals surface area contributed by atoms with Crippen LogP contribution in [0.2, 0.25) is 0 Å². The van der Waals surface area contributed by atoms with Crippen molar-refractivity contribution in [2.45, 2.75) is 32.6 Å². The zero-order chi connectivity index (χ0) is 22.5. The zero-order valence-corrected chi connectivity index (χ0v) is 18.1. The minimum Gasteiger partial charge on any atom is -0.355 e. The summed E-state index contributed by atoms with van der Waals surface area (Å²) in [7, 11) is 0. The lowest BCUT2D eigenvalue weighted by Gasteiger charge is -2.31. The van der Waals surface area contributed by atoms with Crippen LogP contribution < -0.4 is 10.6 Å². The molecular weight excluding hydrogens is 407 g/mol. The molecule has 2 aromatic carbocycles. The quantitative estimate of drug-likeness (QED) is 0.566. The van der Waals surface area contributed by atoms with Gasteiger partial charge >= 0.3 is 0 Å². The van der Waals surface area contributed by atoms with Gasteiger partial charge in [0.2, 0.25) is 11.8 Å². The van der Waals surface area contributed by atoms with Crippen molar-refractivity contribution in [1.29, 1.82) is 0 Å². The molecule has 1 fully saturated rings. The van der Waals surface area contributed by atoms with E-state index >= 15 is 0 Å². The van der Waals surface area contributed by atoms with Crippen LogP contribution in [-0.4, -0.2) is 34.8 Å². The van der Waals surface area contributed by atoms with Crippen LogP contribution in [0.3, 0.4) is 0 Å². The van der Waals surface area contributed by atoms with Gasteiger partial charge in [0.15, 0.2) is 0 Å². The second kappa shape index (κ2) is 9.77. The number of carbonyl (C=O) groups is 2. The number of hydrogen-bond donors (Lipinski definition) is 2. The first-order valence-corrected chi connectivity index (χ1v) is 11.0. The lowest BCUT2D eigenvalue weighted by atomic mass is 9.95. The summed E-state index contributed by atoms with van der Waals surface area (Å²) >= 11 is 0. The fourth-order valence-corrected chi connectivity index (χ4v) is 4.09. The van der Waals surface area contributed by atoms with Crippen LogP contribution in [0.5, 0.6) is 0 Å². The number of anilines is 3. The van der Waals surface area contributed by atoms with Gasteiger partial charge < -0.3 is 15.5 Å². The molecule has 0 unspecified atom stereocenters. The van der Waals surface area contributed by atoms with E-state index in [-0.39, 0.29) is 23.5 Å². The topological polar surface area (TPSA) is 74.3 Å². The van der Waals surface area contributed by atoms with E-state index in [2.05, 4.69) is 15.6 Å². The molecule has 32 heavy (non-hydrogen) atoms. The number of hydrogen-bond acceptors (Lipinski definition) is 4. The highest BCUT2D eigenvalue weighted by Gasteiger charge is 2.27. The summed E-state index contributed by atoms with van der Waals surface area (Å²) in [6, 6.07) is 11.8. The first-order chi connectivity index (χ1) is 15.5. The summed E-state index contributed by atoms with van der Waals surface area (Å²) < 4.78 is 13.2. The van der Waals surface area contributed by atoms with Crippen molar-refractivity contribution in [2.24, 2.45) is 5.92 Å². The van der Waals surface area contributed by atoms with E-state index in [1.54, 1.807) is 24.5 Å². The smallest absolute Gasteiger partial charge is 0.227 e. The van der Waals surface area contributed by atoms with Crippen LogP contribution in [0.4, 0.5) is 21.5 Å². The molecule has 1 aliphatic heterocycles. The van der Waals surface area contributed by atoms with Gasteiger partial charge in [0, 0.05) is 60.0 Å². The number of halogens is 1. The van der Waals surface area contributed by atoms with E-state index in [4.69, 9.17) is 0 Å². The zero-order valence-electron chi connectivity index (χ0n) is 18.1. The Morgan fingerprint density at radius 3 is 2.47 bits per heavy atom. The number of likely N-dealkylation sites (tertiary alicyclic amines) is 1. The third-order valence-electron chi connectivity index (χ3n) is 5.88. The molecule has 2 heterocycles. The highest BCUT2D eigenvalue weighted by molar-refractivity contribution is 6.07. The van der Waals surface area contributed by atoms with Gasteiger partial charge in [-0.05, 0) is 61.7 Å². The monoisotopic (exact) mass is 434 g/mol.